The van der Waals surface area contributed by atoms with Crippen LogP contribution in [-0.2, 0) is 4.74 Å². The molecule has 3 rings (SSSR count). The van der Waals surface area contributed by atoms with Gasteiger partial charge in [0.25, 0.3) is 0 Å². The van der Waals surface area contributed by atoms with E-state index in [1.807, 2.05) is 0 Å². The largest absolute Gasteiger partial charge is 0.370 e. The molecule has 16 heavy (non-hydrogen) atoms. The van der Waals surface area contributed by atoms with Gasteiger partial charge in [0.1, 0.15) is 6.10 Å². The van der Waals surface area contributed by atoms with Gasteiger partial charge in [-0.25, -0.2) is 0 Å². The molecular weight excluding hydrogens is 206 g/mol. The molecule has 1 aromatic heterocycles. The van der Waals surface area contributed by atoms with Crippen LogP contribution in [-0.4, -0.2) is 29.8 Å². The van der Waals surface area contributed by atoms with Crippen LogP contribution >= 0.6 is 0 Å². The Labute approximate surface area is 94.6 Å². The predicted molar refractivity (Wildman–Crippen MR) is 57.0 cm³/mol. The smallest absolute Gasteiger partial charge is 0.231 e. The first kappa shape index (κ1) is 10.2. The zero-order chi connectivity index (χ0) is 11.0. The standard InChI is InChI=1S/C11H17N3O2/c1-7-5-12-6-8(7)11-13-10(14-16-11)9-3-2-4-15-9/h7-9,12H,2-6H2,1H3. The Balaban J connectivity index is 1.76. The minimum absolute atomic E-state index is 0.0576. The third kappa shape index (κ3) is 1.74. The second kappa shape index (κ2) is 4.14. The fraction of sp³-hybridized carbons (Fsp3) is 0.818. The molecule has 2 aliphatic heterocycles. The molecule has 0 saturated carbocycles. The number of aromatic nitrogens is 2. The minimum Gasteiger partial charge on any atom is -0.370 e. The van der Waals surface area contributed by atoms with Gasteiger partial charge >= 0.3 is 0 Å². The highest BCUT2D eigenvalue weighted by Gasteiger charge is 2.31. The molecule has 2 saturated heterocycles. The van der Waals surface area contributed by atoms with Crippen molar-refractivity contribution >= 4 is 0 Å². The molecule has 3 unspecified atom stereocenters. The molecule has 5 heteroatoms. The minimum atomic E-state index is 0.0576. The van der Waals surface area contributed by atoms with Crippen LogP contribution in [0.2, 0.25) is 0 Å². The third-order valence-corrected chi connectivity index (χ3v) is 3.51. The first-order valence-electron chi connectivity index (χ1n) is 6.00. The Hall–Kier alpha value is -0.940. The van der Waals surface area contributed by atoms with Crippen LogP contribution in [0.4, 0.5) is 0 Å². The number of ether oxygens (including phenoxy) is 1. The van der Waals surface area contributed by atoms with Gasteiger partial charge in [-0.3, -0.25) is 0 Å². The van der Waals surface area contributed by atoms with E-state index >= 15 is 0 Å². The summed E-state index contributed by atoms with van der Waals surface area (Å²) in [4.78, 5) is 4.48. The Morgan fingerprint density at radius 2 is 2.31 bits per heavy atom. The number of rotatable bonds is 2. The Morgan fingerprint density at radius 3 is 3.00 bits per heavy atom. The lowest BCUT2D eigenvalue weighted by Crippen LogP contribution is -2.08. The van der Waals surface area contributed by atoms with E-state index in [-0.39, 0.29) is 6.10 Å². The van der Waals surface area contributed by atoms with E-state index in [0.717, 1.165) is 44.3 Å². The summed E-state index contributed by atoms with van der Waals surface area (Å²) in [6, 6.07) is 0. The van der Waals surface area contributed by atoms with Gasteiger partial charge in [-0.2, -0.15) is 4.98 Å². The van der Waals surface area contributed by atoms with Gasteiger partial charge in [-0.15, -0.1) is 0 Å². The van der Waals surface area contributed by atoms with Crippen LogP contribution < -0.4 is 5.32 Å². The van der Waals surface area contributed by atoms with E-state index in [4.69, 9.17) is 9.26 Å². The zero-order valence-corrected chi connectivity index (χ0v) is 9.48. The van der Waals surface area contributed by atoms with Gasteiger partial charge in [-0.05, 0) is 25.3 Å². The van der Waals surface area contributed by atoms with Crippen molar-refractivity contribution in [2.45, 2.75) is 31.8 Å². The van der Waals surface area contributed by atoms with Crippen LogP contribution in [0.25, 0.3) is 0 Å². The van der Waals surface area contributed by atoms with E-state index in [1.54, 1.807) is 0 Å². The zero-order valence-electron chi connectivity index (χ0n) is 9.48. The molecule has 0 radical (unpaired) electrons. The highest BCUT2D eigenvalue weighted by molar-refractivity contribution is 5.02. The van der Waals surface area contributed by atoms with Gasteiger partial charge in [0.05, 0.1) is 5.92 Å². The summed E-state index contributed by atoms with van der Waals surface area (Å²) in [6.45, 7) is 4.99. The lowest BCUT2D eigenvalue weighted by atomic mass is 9.98. The Morgan fingerprint density at radius 1 is 1.38 bits per heavy atom. The molecule has 1 aromatic rings. The van der Waals surface area contributed by atoms with Crippen molar-refractivity contribution in [3.8, 4) is 0 Å². The fourth-order valence-electron chi connectivity index (χ4n) is 2.45. The van der Waals surface area contributed by atoms with E-state index in [0.29, 0.717) is 11.8 Å². The van der Waals surface area contributed by atoms with Crippen molar-refractivity contribution in [1.29, 1.82) is 0 Å². The van der Waals surface area contributed by atoms with E-state index in [9.17, 15) is 0 Å². The van der Waals surface area contributed by atoms with Crippen molar-refractivity contribution in [3.63, 3.8) is 0 Å². The molecule has 3 heterocycles. The average molecular weight is 223 g/mol. The van der Waals surface area contributed by atoms with Gasteiger partial charge < -0.3 is 14.6 Å². The van der Waals surface area contributed by atoms with E-state index < -0.39 is 0 Å². The predicted octanol–water partition coefficient (Wildman–Crippen LogP) is 1.24. The van der Waals surface area contributed by atoms with Gasteiger partial charge in [-0.1, -0.05) is 12.1 Å². The van der Waals surface area contributed by atoms with Crippen LogP contribution in [0, 0.1) is 5.92 Å². The van der Waals surface area contributed by atoms with Crippen LogP contribution in [0.3, 0.4) is 0 Å². The second-order valence-corrected chi connectivity index (χ2v) is 4.73. The molecule has 3 atom stereocenters. The maximum absolute atomic E-state index is 5.54. The second-order valence-electron chi connectivity index (χ2n) is 4.73. The van der Waals surface area contributed by atoms with E-state index in [2.05, 4.69) is 22.4 Å². The molecule has 0 aromatic carbocycles. The average Bonchev–Trinajstić information content (AvgIpc) is 2.96. The maximum atomic E-state index is 5.54. The summed E-state index contributed by atoms with van der Waals surface area (Å²) in [7, 11) is 0. The highest BCUT2D eigenvalue weighted by Crippen LogP contribution is 2.30. The van der Waals surface area contributed by atoms with Gasteiger partial charge in [0.2, 0.25) is 11.7 Å². The molecule has 5 nitrogen and oxygen atoms in total. The van der Waals surface area contributed by atoms with Gasteiger partial charge in [0, 0.05) is 13.2 Å². The lowest BCUT2D eigenvalue weighted by Gasteiger charge is -2.07. The fourth-order valence-corrected chi connectivity index (χ4v) is 2.45. The maximum Gasteiger partial charge on any atom is 0.231 e. The third-order valence-electron chi connectivity index (χ3n) is 3.51. The summed E-state index contributed by atoms with van der Waals surface area (Å²) in [5.74, 6) is 2.43. The van der Waals surface area contributed by atoms with Crippen LogP contribution in [0.5, 0.6) is 0 Å². The molecule has 0 aliphatic carbocycles. The molecule has 0 spiro atoms. The molecular formula is C11H17N3O2. The number of hydrogen-bond donors (Lipinski definition) is 1. The van der Waals surface area contributed by atoms with Gasteiger partial charge in [0.15, 0.2) is 0 Å². The van der Waals surface area contributed by atoms with Crippen molar-refractivity contribution in [3.05, 3.63) is 11.7 Å². The number of hydrogen-bond acceptors (Lipinski definition) is 5. The van der Waals surface area contributed by atoms with Crippen LogP contribution in [0.1, 0.15) is 43.5 Å². The van der Waals surface area contributed by atoms with Crippen LogP contribution in [0.15, 0.2) is 4.52 Å². The number of nitrogens with zero attached hydrogens (tertiary/aromatic N) is 2. The lowest BCUT2D eigenvalue weighted by molar-refractivity contribution is 0.103. The monoisotopic (exact) mass is 223 g/mol. The first-order chi connectivity index (χ1) is 7.84. The number of nitrogens with one attached hydrogen (secondary N) is 1. The molecule has 2 aliphatic rings. The topological polar surface area (TPSA) is 60.2 Å². The summed E-state index contributed by atoms with van der Waals surface area (Å²) in [5.41, 5.74) is 0. The molecule has 2 fully saturated rings. The summed E-state index contributed by atoms with van der Waals surface area (Å²) in [5, 5.41) is 7.38. The quantitative estimate of drug-likeness (QED) is 0.817. The van der Waals surface area contributed by atoms with Crippen molar-refractivity contribution in [2.75, 3.05) is 19.7 Å². The Kier molecular flexibility index (Phi) is 2.65. The first-order valence-corrected chi connectivity index (χ1v) is 6.00. The highest BCUT2D eigenvalue weighted by atomic mass is 16.5. The summed E-state index contributed by atoms with van der Waals surface area (Å²) < 4.78 is 10.9. The SMILES string of the molecule is CC1CNCC1c1nc(C2CCCO2)no1. The molecule has 0 bridgehead atoms. The van der Waals surface area contributed by atoms with Crippen molar-refractivity contribution < 1.29 is 9.26 Å². The van der Waals surface area contributed by atoms with Crippen molar-refractivity contribution in [2.24, 2.45) is 5.92 Å². The molecule has 0 amide bonds. The van der Waals surface area contributed by atoms with Crippen molar-refractivity contribution in [1.82, 2.24) is 15.5 Å². The Bertz CT molecular complexity index is 360. The van der Waals surface area contributed by atoms with E-state index in [1.165, 1.54) is 0 Å². The molecule has 88 valence electrons. The summed E-state index contributed by atoms with van der Waals surface area (Å²) >= 11 is 0. The normalized spacial score (nSPS) is 34.7. The molecule has 1 N–H and O–H groups in total. The summed E-state index contributed by atoms with van der Waals surface area (Å²) in [6.07, 6.45) is 2.16.